The lowest BCUT2D eigenvalue weighted by Gasteiger charge is -2.18. The lowest BCUT2D eigenvalue weighted by molar-refractivity contribution is 0.606. The minimum atomic E-state index is 0.410. The van der Waals surface area contributed by atoms with E-state index in [-0.39, 0.29) is 0 Å². The molecule has 1 atom stereocenters. The highest BCUT2D eigenvalue weighted by Gasteiger charge is 2.10. The second kappa shape index (κ2) is 7.21. The Hall–Kier alpha value is -0.180. The highest BCUT2D eigenvalue weighted by atomic mass is 35.5. The quantitative estimate of drug-likeness (QED) is 0.825. The van der Waals surface area contributed by atoms with Crippen LogP contribution in [-0.4, -0.2) is 18.1 Å². The average Bonchev–Trinajstić information content (AvgIpc) is 2.28. The van der Waals surface area contributed by atoms with Gasteiger partial charge in [-0.25, -0.2) is 0 Å². The second-order valence-corrected chi connectivity index (χ2v) is 5.50. The molecule has 0 fully saturated rings. The van der Waals surface area contributed by atoms with Crippen molar-refractivity contribution in [2.45, 2.75) is 26.8 Å². The van der Waals surface area contributed by atoms with E-state index in [1.807, 2.05) is 18.7 Å². The highest BCUT2D eigenvalue weighted by molar-refractivity contribution is 7.99. The maximum atomic E-state index is 6.16. The molecule has 16 heavy (non-hydrogen) atoms. The van der Waals surface area contributed by atoms with Gasteiger partial charge >= 0.3 is 0 Å². The fourth-order valence-electron chi connectivity index (χ4n) is 1.58. The molecule has 0 bridgehead atoms. The second-order valence-electron chi connectivity index (χ2n) is 3.78. The monoisotopic (exact) mass is 257 g/mol. The standard InChI is InChI=1S/C13H20ClNS/c1-4-15-13(9-16-5-2)11-7-6-10(3)12(14)8-11/h6-8,13,15H,4-5,9H2,1-3H3. The Morgan fingerprint density at radius 1 is 1.38 bits per heavy atom. The predicted octanol–water partition coefficient (Wildman–Crippen LogP) is 4.05. The lowest BCUT2D eigenvalue weighted by Crippen LogP contribution is -2.23. The van der Waals surface area contributed by atoms with Crippen LogP contribution in [-0.2, 0) is 0 Å². The number of hydrogen-bond acceptors (Lipinski definition) is 2. The van der Waals surface area contributed by atoms with Crippen LogP contribution in [0.4, 0.5) is 0 Å². The summed E-state index contributed by atoms with van der Waals surface area (Å²) in [7, 11) is 0. The summed E-state index contributed by atoms with van der Waals surface area (Å²) in [5, 5.41) is 4.36. The van der Waals surface area contributed by atoms with Crippen LogP contribution in [0.3, 0.4) is 0 Å². The molecule has 1 unspecified atom stereocenters. The summed E-state index contributed by atoms with van der Waals surface area (Å²) in [5.74, 6) is 2.26. The van der Waals surface area contributed by atoms with Gasteiger partial charge in [-0.15, -0.1) is 0 Å². The largest absolute Gasteiger partial charge is 0.310 e. The summed E-state index contributed by atoms with van der Waals surface area (Å²) in [4.78, 5) is 0. The van der Waals surface area contributed by atoms with Gasteiger partial charge in [0.2, 0.25) is 0 Å². The van der Waals surface area contributed by atoms with E-state index in [2.05, 4.69) is 37.4 Å². The van der Waals surface area contributed by atoms with Crippen LogP contribution in [0.1, 0.15) is 31.0 Å². The summed E-state index contributed by atoms with van der Waals surface area (Å²) in [6.45, 7) is 7.35. The molecule has 0 saturated heterocycles. The number of thioether (sulfide) groups is 1. The highest BCUT2D eigenvalue weighted by Crippen LogP contribution is 2.23. The SMILES string of the molecule is CCNC(CSCC)c1ccc(C)c(Cl)c1. The van der Waals surface area contributed by atoms with Gasteiger partial charge in [0.05, 0.1) is 0 Å². The van der Waals surface area contributed by atoms with Crippen LogP contribution in [0.2, 0.25) is 5.02 Å². The summed E-state index contributed by atoms with van der Waals surface area (Å²) < 4.78 is 0. The van der Waals surface area contributed by atoms with Gasteiger partial charge in [0.1, 0.15) is 0 Å². The first-order valence-corrected chi connectivity index (χ1v) is 7.29. The Morgan fingerprint density at radius 3 is 2.69 bits per heavy atom. The summed E-state index contributed by atoms with van der Waals surface area (Å²) in [6, 6.07) is 6.76. The molecule has 1 aromatic carbocycles. The van der Waals surface area contributed by atoms with Crippen LogP contribution < -0.4 is 5.32 Å². The molecular formula is C13H20ClNS. The van der Waals surface area contributed by atoms with E-state index in [0.29, 0.717) is 6.04 Å². The average molecular weight is 258 g/mol. The number of aryl methyl sites for hydroxylation is 1. The van der Waals surface area contributed by atoms with Crippen molar-refractivity contribution in [1.29, 1.82) is 0 Å². The topological polar surface area (TPSA) is 12.0 Å². The summed E-state index contributed by atoms with van der Waals surface area (Å²) in [6.07, 6.45) is 0. The number of hydrogen-bond donors (Lipinski definition) is 1. The van der Waals surface area contributed by atoms with Crippen LogP contribution in [0, 0.1) is 6.92 Å². The third-order valence-corrected chi connectivity index (χ3v) is 3.92. The van der Waals surface area contributed by atoms with Crippen molar-refractivity contribution in [1.82, 2.24) is 5.32 Å². The van der Waals surface area contributed by atoms with Crippen molar-refractivity contribution in [2.75, 3.05) is 18.1 Å². The Labute approximate surface area is 108 Å². The molecule has 0 saturated carbocycles. The predicted molar refractivity (Wildman–Crippen MR) is 75.6 cm³/mol. The molecule has 0 aliphatic carbocycles. The van der Waals surface area contributed by atoms with E-state index >= 15 is 0 Å². The molecule has 0 radical (unpaired) electrons. The fourth-order valence-corrected chi connectivity index (χ4v) is 2.55. The van der Waals surface area contributed by atoms with Crippen molar-refractivity contribution in [3.05, 3.63) is 34.3 Å². The molecule has 3 heteroatoms. The number of halogens is 1. The van der Waals surface area contributed by atoms with Gasteiger partial charge in [-0.3, -0.25) is 0 Å². The molecule has 0 amide bonds. The number of rotatable bonds is 6. The fraction of sp³-hybridized carbons (Fsp3) is 0.538. The van der Waals surface area contributed by atoms with E-state index < -0.39 is 0 Å². The molecule has 0 spiro atoms. The zero-order chi connectivity index (χ0) is 12.0. The first-order chi connectivity index (χ1) is 7.69. The van der Waals surface area contributed by atoms with E-state index in [0.717, 1.165) is 28.6 Å². The van der Waals surface area contributed by atoms with E-state index in [9.17, 15) is 0 Å². The van der Waals surface area contributed by atoms with Crippen molar-refractivity contribution < 1.29 is 0 Å². The van der Waals surface area contributed by atoms with E-state index in [1.165, 1.54) is 5.56 Å². The smallest absolute Gasteiger partial charge is 0.0438 e. The van der Waals surface area contributed by atoms with E-state index in [4.69, 9.17) is 11.6 Å². The normalized spacial score (nSPS) is 12.8. The van der Waals surface area contributed by atoms with Crippen LogP contribution in [0.5, 0.6) is 0 Å². The summed E-state index contributed by atoms with van der Waals surface area (Å²) in [5.41, 5.74) is 2.43. The van der Waals surface area contributed by atoms with Gasteiger partial charge in [0.15, 0.2) is 0 Å². The van der Waals surface area contributed by atoms with Crippen molar-refractivity contribution in [3.63, 3.8) is 0 Å². The molecular weight excluding hydrogens is 238 g/mol. The van der Waals surface area contributed by atoms with Gasteiger partial charge in [0.25, 0.3) is 0 Å². The molecule has 1 rings (SSSR count). The number of nitrogens with one attached hydrogen (secondary N) is 1. The zero-order valence-corrected chi connectivity index (χ0v) is 11.8. The number of benzene rings is 1. The van der Waals surface area contributed by atoms with Crippen LogP contribution in [0.15, 0.2) is 18.2 Å². The third kappa shape index (κ3) is 4.00. The molecule has 0 heterocycles. The molecule has 1 N–H and O–H groups in total. The molecule has 0 aromatic heterocycles. The molecule has 90 valence electrons. The Morgan fingerprint density at radius 2 is 2.12 bits per heavy atom. The van der Waals surface area contributed by atoms with Crippen LogP contribution >= 0.6 is 23.4 Å². The van der Waals surface area contributed by atoms with Gasteiger partial charge < -0.3 is 5.32 Å². The first kappa shape index (κ1) is 13.9. The van der Waals surface area contributed by atoms with Gasteiger partial charge in [0, 0.05) is 16.8 Å². The third-order valence-electron chi connectivity index (χ3n) is 2.54. The van der Waals surface area contributed by atoms with Crippen molar-refractivity contribution >= 4 is 23.4 Å². The molecule has 1 aromatic rings. The van der Waals surface area contributed by atoms with Gasteiger partial charge in [-0.2, -0.15) is 11.8 Å². The van der Waals surface area contributed by atoms with Crippen molar-refractivity contribution in [2.24, 2.45) is 0 Å². The molecule has 0 aliphatic rings. The Balaban J connectivity index is 2.78. The van der Waals surface area contributed by atoms with Crippen molar-refractivity contribution in [3.8, 4) is 0 Å². The minimum Gasteiger partial charge on any atom is -0.310 e. The Kier molecular flexibility index (Phi) is 6.25. The zero-order valence-electron chi connectivity index (χ0n) is 10.2. The maximum absolute atomic E-state index is 6.16. The van der Waals surface area contributed by atoms with E-state index in [1.54, 1.807) is 0 Å². The molecule has 1 nitrogen and oxygen atoms in total. The minimum absolute atomic E-state index is 0.410. The maximum Gasteiger partial charge on any atom is 0.0438 e. The van der Waals surface area contributed by atoms with Gasteiger partial charge in [-0.1, -0.05) is 37.6 Å². The first-order valence-electron chi connectivity index (χ1n) is 5.76. The van der Waals surface area contributed by atoms with Crippen LogP contribution in [0.25, 0.3) is 0 Å². The molecule has 0 aliphatic heterocycles. The lowest BCUT2D eigenvalue weighted by atomic mass is 10.1. The van der Waals surface area contributed by atoms with Gasteiger partial charge in [-0.05, 0) is 36.4 Å². The Bertz CT molecular complexity index is 328. The summed E-state index contributed by atoms with van der Waals surface area (Å²) >= 11 is 8.11.